The van der Waals surface area contributed by atoms with E-state index in [4.69, 9.17) is 42.0 Å². The minimum Gasteiger partial charge on any atom is -0.413 e. The molecular weight excluding hydrogens is 1250 g/mol. The number of rotatable bonds is 16. The Morgan fingerprint density at radius 1 is 0.591 bits per heavy atom. The summed E-state index contributed by atoms with van der Waals surface area (Å²) in [5.41, 5.74) is 3.18. The number of anilines is 2. The van der Waals surface area contributed by atoms with Crippen LogP contribution in [0.3, 0.4) is 0 Å². The summed E-state index contributed by atoms with van der Waals surface area (Å²) in [6.07, 6.45) is -2.92. The van der Waals surface area contributed by atoms with E-state index < -0.39 is 40.1 Å². The fourth-order valence-corrected chi connectivity index (χ4v) is 17.1. The molecule has 0 unspecified atom stereocenters. The van der Waals surface area contributed by atoms with Gasteiger partial charge < -0.3 is 38.4 Å². The third kappa shape index (κ3) is 13.0. The van der Waals surface area contributed by atoms with Crippen LogP contribution in [-0.4, -0.2) is 99.2 Å². The summed E-state index contributed by atoms with van der Waals surface area (Å²) in [6, 6.07) is 24.6. The predicted molar refractivity (Wildman–Crippen MR) is 341 cm³/mol. The molecule has 0 spiro atoms. The normalized spacial score (nSPS) is 21.3. The van der Waals surface area contributed by atoms with Gasteiger partial charge in [-0.1, -0.05) is 136 Å². The predicted octanol–water partition coefficient (Wildman–Crippen LogP) is 16.6. The molecule has 4 aromatic carbocycles. The van der Waals surface area contributed by atoms with Crippen LogP contribution in [0.15, 0.2) is 84.9 Å². The molecule has 0 bridgehead atoms. The van der Waals surface area contributed by atoms with Gasteiger partial charge in [0.15, 0.2) is 49.9 Å². The van der Waals surface area contributed by atoms with Crippen molar-refractivity contribution in [2.45, 2.75) is 178 Å². The fraction of sp³-hybridized carbons (Fsp3) is 0.500. The van der Waals surface area contributed by atoms with Crippen molar-refractivity contribution in [2.75, 3.05) is 36.8 Å². The van der Waals surface area contributed by atoms with Crippen molar-refractivity contribution in [1.82, 2.24) is 19.8 Å². The van der Waals surface area contributed by atoms with Gasteiger partial charge in [-0.05, 0) is 147 Å². The van der Waals surface area contributed by atoms with Gasteiger partial charge in [0.05, 0.1) is 56.3 Å². The Morgan fingerprint density at radius 2 is 0.943 bits per heavy atom. The molecule has 6 aliphatic rings. The Labute approximate surface area is 532 Å². The first kappa shape index (κ1) is 64.4. The van der Waals surface area contributed by atoms with Crippen LogP contribution < -0.4 is 29.6 Å². The summed E-state index contributed by atoms with van der Waals surface area (Å²) in [5.74, 6) is -0.659. The zero-order valence-electron chi connectivity index (χ0n) is 51.6. The summed E-state index contributed by atoms with van der Waals surface area (Å²) < 4.78 is 86.2. The molecule has 2 aromatic heterocycles. The number of thiazole rings is 2. The number of amides is 2. The van der Waals surface area contributed by atoms with Gasteiger partial charge in [-0.15, -0.1) is 17.6 Å². The third-order valence-corrected chi connectivity index (χ3v) is 30.9. The first-order chi connectivity index (χ1) is 41.2. The van der Waals surface area contributed by atoms with E-state index in [0.717, 1.165) is 71.3 Å². The second-order valence-corrected chi connectivity index (χ2v) is 39.5. The highest BCUT2D eigenvalue weighted by atomic mass is 35.5. The fourth-order valence-electron chi connectivity index (χ4n) is 11.7. The number of benzene rings is 4. The molecule has 2 saturated heterocycles. The van der Waals surface area contributed by atoms with Gasteiger partial charge in [-0.3, -0.25) is 19.4 Å². The number of alkyl halides is 4. The molecule has 6 aromatic rings. The van der Waals surface area contributed by atoms with E-state index in [1.165, 1.54) is 46.9 Å². The molecule has 14 nitrogen and oxygen atoms in total. The molecular formula is C64H76Cl2F4N6O8S2Si2. The van der Waals surface area contributed by atoms with E-state index in [2.05, 4.69) is 119 Å². The summed E-state index contributed by atoms with van der Waals surface area (Å²) in [5, 5.41) is 8.64. The topological polar surface area (TPSA) is 146 Å². The molecule has 2 saturated carbocycles. The van der Waals surface area contributed by atoms with E-state index in [9.17, 15) is 27.2 Å². The van der Waals surface area contributed by atoms with Gasteiger partial charge in [0.25, 0.3) is 0 Å². The molecule has 0 radical (unpaired) electrons. The van der Waals surface area contributed by atoms with Gasteiger partial charge >= 0.3 is 12.6 Å². The number of nitrogens with zero attached hydrogens (tertiary/aromatic N) is 4. The molecule has 4 fully saturated rings. The molecule has 2 amide bonds. The van der Waals surface area contributed by atoms with Gasteiger partial charge in [0.2, 0.25) is 11.8 Å². The standard InChI is InChI=1S/2C32H38ClF2N3O4SSi/c2*1-19-27(26(22-9-7-8-10-23(22)33)38-16-13-21(18-38)42-44(5,6)30(2,3)4)43-29(36-19)37-28(39)31(14-15-31)20-11-12-24-25(17-20)41-32(34,35)40-24/h2*7-12,17,21,26H,13-16,18H2,1-6H3,(H,36,37,39)/t21-,26+;21-,26-/m00/s1. The van der Waals surface area contributed by atoms with Crippen LogP contribution in [0.25, 0.3) is 0 Å². The Morgan fingerprint density at radius 3 is 1.28 bits per heavy atom. The quantitative estimate of drug-likeness (QED) is 0.0702. The second kappa shape index (κ2) is 23.5. The highest BCUT2D eigenvalue weighted by Crippen LogP contribution is 2.55. The number of aromatic nitrogens is 2. The maximum absolute atomic E-state index is 13.6. The molecule has 6 heterocycles. The summed E-state index contributed by atoms with van der Waals surface area (Å²) in [6.45, 7) is 29.8. The smallest absolute Gasteiger partial charge is 0.413 e. The van der Waals surface area contributed by atoms with Crippen LogP contribution in [0, 0.1) is 13.8 Å². The van der Waals surface area contributed by atoms with Crippen molar-refractivity contribution in [3.05, 3.63) is 138 Å². The number of carbonyl (C=O) groups excluding carboxylic acids is 2. The lowest BCUT2D eigenvalue weighted by Gasteiger charge is -2.38. The van der Waals surface area contributed by atoms with E-state index in [-0.39, 0.29) is 69.2 Å². The Hall–Kier alpha value is -5.15. The lowest BCUT2D eigenvalue weighted by molar-refractivity contribution is -0.287. The van der Waals surface area contributed by atoms with Gasteiger partial charge in [0.1, 0.15) is 0 Å². The van der Waals surface area contributed by atoms with Crippen molar-refractivity contribution in [3.63, 3.8) is 0 Å². The lowest BCUT2D eigenvalue weighted by atomic mass is 9.94. The number of likely N-dealkylation sites (tertiary alicyclic amines) is 2. The van der Waals surface area contributed by atoms with E-state index in [1.807, 2.05) is 50.2 Å². The average molecular weight is 1320 g/mol. The van der Waals surface area contributed by atoms with Crippen molar-refractivity contribution < 1.29 is 55.0 Å². The molecule has 4 atom stereocenters. The van der Waals surface area contributed by atoms with Crippen molar-refractivity contribution in [2.24, 2.45) is 0 Å². The van der Waals surface area contributed by atoms with E-state index in [0.29, 0.717) is 57.1 Å². The zero-order valence-corrected chi connectivity index (χ0v) is 56.7. The van der Waals surface area contributed by atoms with E-state index >= 15 is 0 Å². The number of hydrogen-bond donors (Lipinski definition) is 2. The maximum Gasteiger partial charge on any atom is 0.586 e. The number of nitrogens with one attached hydrogen (secondary N) is 2. The van der Waals surface area contributed by atoms with Gasteiger partial charge in [0, 0.05) is 36.2 Å². The number of aryl methyl sites for hydroxylation is 2. The summed E-state index contributed by atoms with van der Waals surface area (Å²) >= 11 is 16.5. The first-order valence-corrected chi connectivity index (χ1v) is 38.1. The zero-order chi connectivity index (χ0) is 63.3. The maximum atomic E-state index is 13.6. The van der Waals surface area contributed by atoms with Crippen LogP contribution >= 0.6 is 45.9 Å². The number of ether oxygens (including phenoxy) is 4. The number of hydrogen-bond acceptors (Lipinski definition) is 14. The van der Waals surface area contributed by atoms with Crippen molar-refractivity contribution in [1.29, 1.82) is 0 Å². The molecule has 472 valence electrons. The molecule has 2 N–H and O–H groups in total. The van der Waals surface area contributed by atoms with Gasteiger partial charge in [-0.2, -0.15) is 0 Å². The Balaban J connectivity index is 0.000000182. The minimum absolute atomic E-state index is 0.0420. The van der Waals surface area contributed by atoms with Crippen LogP contribution in [0.4, 0.5) is 27.8 Å². The minimum atomic E-state index is -3.71. The second-order valence-electron chi connectivity index (χ2n) is 27.1. The highest BCUT2D eigenvalue weighted by molar-refractivity contribution is 7.16. The summed E-state index contributed by atoms with van der Waals surface area (Å²) in [4.78, 5) is 43.7. The SMILES string of the molecule is Cc1nc(NC(=O)C2(c3ccc4c(c3)OC(F)(F)O4)CC2)sc1[C@@H](c1ccccc1Cl)N1CC[C@H](O[Si](C)(C)C(C)(C)C)C1.Cc1nc(NC(=O)C2(c3ccc4c(c3)OC(F)(F)O4)CC2)sc1[C@H](c1ccccc1Cl)N1CC[C@H](O[Si](C)(C)C(C)(C)C)C1. The monoisotopic (exact) mass is 1320 g/mol. The van der Waals surface area contributed by atoms with Crippen molar-refractivity contribution in [3.8, 4) is 23.0 Å². The van der Waals surface area contributed by atoms with Crippen LogP contribution in [0.2, 0.25) is 46.3 Å². The molecule has 4 aliphatic heterocycles. The van der Waals surface area contributed by atoms with Crippen molar-refractivity contribution >= 4 is 84.6 Å². The first-order valence-electron chi connectivity index (χ1n) is 29.9. The highest BCUT2D eigenvalue weighted by Gasteiger charge is 2.55. The van der Waals surface area contributed by atoms with Crippen LogP contribution in [0.1, 0.15) is 136 Å². The number of carbonyl (C=O) groups is 2. The number of fused-ring (bicyclic) bond motifs is 2. The molecule has 88 heavy (non-hydrogen) atoms. The largest absolute Gasteiger partial charge is 0.586 e. The molecule has 2 aliphatic carbocycles. The van der Waals surface area contributed by atoms with Gasteiger partial charge in [-0.25, -0.2) is 9.97 Å². The Kier molecular flexibility index (Phi) is 17.2. The van der Waals surface area contributed by atoms with Crippen LogP contribution in [0.5, 0.6) is 23.0 Å². The number of halogens is 6. The summed E-state index contributed by atoms with van der Waals surface area (Å²) in [7, 11) is -3.89. The third-order valence-electron chi connectivity index (χ3n) is 18.9. The lowest BCUT2D eigenvalue weighted by Crippen LogP contribution is -2.44. The van der Waals surface area contributed by atoms with E-state index in [1.54, 1.807) is 12.1 Å². The Bertz CT molecular complexity index is 3410. The van der Waals surface area contributed by atoms with Crippen LogP contribution in [-0.2, 0) is 29.3 Å². The molecule has 12 rings (SSSR count). The molecule has 24 heteroatoms. The average Bonchev–Trinajstić information content (AvgIpc) is 1.81.